The van der Waals surface area contributed by atoms with E-state index in [1.165, 1.54) is 6.07 Å². The molecule has 2 unspecified atom stereocenters. The molecule has 7 heteroatoms. The van der Waals surface area contributed by atoms with Gasteiger partial charge in [0.2, 0.25) is 0 Å². The van der Waals surface area contributed by atoms with Crippen LogP contribution >= 0.6 is 0 Å². The second kappa shape index (κ2) is 11.3. The number of nitrogens with one attached hydrogen (secondary N) is 2. The molecule has 3 N–H and O–H groups in total. The Morgan fingerprint density at radius 2 is 1.85 bits per heavy atom. The van der Waals surface area contributed by atoms with E-state index in [4.69, 9.17) is 4.74 Å². The number of aromatic carboxylic acids is 1. The van der Waals surface area contributed by atoms with Gasteiger partial charge in [-0.15, -0.1) is 0 Å². The van der Waals surface area contributed by atoms with E-state index in [1.54, 1.807) is 12.1 Å². The molecule has 0 saturated carbocycles. The molecular weight excluding hydrogens is 502 g/mol. The van der Waals surface area contributed by atoms with Gasteiger partial charge in [-0.3, -0.25) is 9.79 Å². The third-order valence-corrected chi connectivity index (χ3v) is 8.47. The van der Waals surface area contributed by atoms with Crippen molar-refractivity contribution in [2.75, 3.05) is 25.5 Å². The van der Waals surface area contributed by atoms with Crippen molar-refractivity contribution in [2.24, 2.45) is 22.2 Å². The number of fused-ring (bicyclic) bond motifs is 2. The summed E-state index contributed by atoms with van der Waals surface area (Å²) in [5.41, 5.74) is 5.78. The number of carbonyl (C=O) groups is 2. The minimum atomic E-state index is -1.07. The lowest BCUT2D eigenvalue weighted by molar-refractivity contribution is 0.0695. The topological polar surface area (TPSA) is 100 Å². The van der Waals surface area contributed by atoms with Crippen LogP contribution in [0.3, 0.4) is 0 Å². The van der Waals surface area contributed by atoms with E-state index >= 15 is 0 Å². The van der Waals surface area contributed by atoms with Crippen molar-refractivity contribution in [3.8, 4) is 5.75 Å². The van der Waals surface area contributed by atoms with Gasteiger partial charge >= 0.3 is 5.97 Å². The minimum Gasteiger partial charge on any atom is -0.478 e. The maximum Gasteiger partial charge on any atom is 0.336 e. The lowest BCUT2D eigenvalue weighted by Gasteiger charge is -2.37. The minimum absolute atomic E-state index is 0.0884. The van der Waals surface area contributed by atoms with Crippen molar-refractivity contribution in [3.63, 3.8) is 0 Å². The van der Waals surface area contributed by atoms with Gasteiger partial charge in [-0.1, -0.05) is 39.8 Å². The first-order chi connectivity index (χ1) is 18.9. The molecule has 2 atom stereocenters. The molecule has 0 radical (unpaired) electrons. The fourth-order valence-electron chi connectivity index (χ4n) is 5.24. The number of amides is 1. The Morgan fingerprint density at radius 3 is 2.48 bits per heavy atom. The van der Waals surface area contributed by atoms with Crippen molar-refractivity contribution < 1.29 is 19.4 Å². The molecule has 0 aromatic heterocycles. The first-order valence-corrected chi connectivity index (χ1v) is 14.0. The quantitative estimate of drug-likeness (QED) is 0.349. The number of ether oxygens (including phenoxy) is 1. The van der Waals surface area contributed by atoms with E-state index in [0.29, 0.717) is 35.9 Å². The smallest absolute Gasteiger partial charge is 0.336 e. The lowest BCUT2D eigenvalue weighted by atomic mass is 9.73. The van der Waals surface area contributed by atoms with Crippen LogP contribution in [-0.4, -0.2) is 42.8 Å². The number of hydrogen-bond acceptors (Lipinski definition) is 5. The highest BCUT2D eigenvalue weighted by atomic mass is 16.5. The highest BCUT2D eigenvalue weighted by Gasteiger charge is 2.39. The SMILES string of the molecule is CCN=C1C=C2Oc3cc(NC)c(C)cc3C(c3ccc(C(=O)NCC(C)(C)C(C)C)cc3C(=O)O)C2C=C1C. The van der Waals surface area contributed by atoms with Crippen molar-refractivity contribution in [1.82, 2.24) is 5.32 Å². The summed E-state index contributed by atoms with van der Waals surface area (Å²) in [6.45, 7) is 15.6. The predicted molar refractivity (Wildman–Crippen MR) is 161 cm³/mol. The monoisotopic (exact) mass is 543 g/mol. The molecule has 2 aromatic carbocycles. The number of carboxylic acids is 1. The lowest BCUT2D eigenvalue weighted by Crippen LogP contribution is -2.37. The van der Waals surface area contributed by atoms with Gasteiger partial charge in [-0.05, 0) is 67.0 Å². The molecule has 4 rings (SSSR count). The number of benzene rings is 2. The van der Waals surface area contributed by atoms with Crippen LogP contribution in [0.5, 0.6) is 5.75 Å². The van der Waals surface area contributed by atoms with Gasteiger partial charge in [0, 0.05) is 60.9 Å². The summed E-state index contributed by atoms with van der Waals surface area (Å²) in [6, 6.07) is 9.07. The molecule has 0 spiro atoms. The third kappa shape index (κ3) is 5.55. The first kappa shape index (κ1) is 29.1. The van der Waals surface area contributed by atoms with Crippen LogP contribution < -0.4 is 15.4 Å². The molecule has 1 aliphatic carbocycles. The first-order valence-electron chi connectivity index (χ1n) is 14.0. The van der Waals surface area contributed by atoms with Gasteiger partial charge in [0.15, 0.2) is 0 Å². The molecule has 7 nitrogen and oxygen atoms in total. The van der Waals surface area contributed by atoms with Crippen LogP contribution in [0.15, 0.2) is 58.8 Å². The van der Waals surface area contributed by atoms with Crippen molar-refractivity contribution in [3.05, 3.63) is 81.6 Å². The molecular formula is C33H41N3O4. The molecule has 212 valence electrons. The van der Waals surface area contributed by atoms with E-state index < -0.39 is 5.97 Å². The standard InChI is InChI=1S/C33H41N3O4/c1-9-35-27-16-29-25(13-20(27)5)30(24-12-19(4)26(34-8)15-28(24)40-29)22-11-10-21(14-23(22)32(38)39)31(37)36-17-33(6,7)18(2)3/h10-16,18,25,30,34H,9,17H2,1-8H3,(H,36,37)(H,38,39). The fourth-order valence-corrected chi connectivity index (χ4v) is 5.24. The van der Waals surface area contributed by atoms with Crippen LogP contribution in [0.2, 0.25) is 0 Å². The normalized spacial score (nSPS) is 19.3. The summed E-state index contributed by atoms with van der Waals surface area (Å²) >= 11 is 0. The number of hydrogen-bond donors (Lipinski definition) is 3. The van der Waals surface area contributed by atoms with Crippen LogP contribution in [0.25, 0.3) is 0 Å². The third-order valence-electron chi connectivity index (χ3n) is 8.47. The molecule has 0 saturated heterocycles. The van der Waals surface area contributed by atoms with Crippen LogP contribution in [0.1, 0.15) is 84.9 Å². The second-order valence-corrected chi connectivity index (χ2v) is 11.7. The number of aryl methyl sites for hydroxylation is 1. The van der Waals surface area contributed by atoms with E-state index in [0.717, 1.165) is 33.9 Å². The maximum atomic E-state index is 13.1. The van der Waals surface area contributed by atoms with E-state index in [1.807, 2.05) is 40.0 Å². The van der Waals surface area contributed by atoms with Crippen LogP contribution in [0.4, 0.5) is 5.69 Å². The van der Waals surface area contributed by atoms with Gasteiger partial charge in [0.1, 0.15) is 11.5 Å². The van der Waals surface area contributed by atoms with Gasteiger partial charge < -0.3 is 20.5 Å². The Morgan fingerprint density at radius 1 is 1.12 bits per heavy atom. The number of allylic oxidation sites excluding steroid dienone is 3. The summed E-state index contributed by atoms with van der Waals surface area (Å²) in [4.78, 5) is 30.4. The largest absolute Gasteiger partial charge is 0.478 e. The Balaban J connectivity index is 1.84. The molecule has 40 heavy (non-hydrogen) atoms. The Kier molecular flexibility index (Phi) is 8.24. The van der Waals surface area contributed by atoms with Crippen molar-refractivity contribution in [1.29, 1.82) is 0 Å². The summed E-state index contributed by atoms with van der Waals surface area (Å²) in [7, 11) is 1.87. The second-order valence-electron chi connectivity index (χ2n) is 11.7. The summed E-state index contributed by atoms with van der Waals surface area (Å²) in [6.07, 6.45) is 4.09. The number of rotatable bonds is 8. The summed E-state index contributed by atoms with van der Waals surface area (Å²) in [5.74, 6) is -0.0929. The molecule has 0 bridgehead atoms. The van der Waals surface area contributed by atoms with E-state index in [9.17, 15) is 14.7 Å². The predicted octanol–water partition coefficient (Wildman–Crippen LogP) is 6.59. The fraction of sp³-hybridized carbons (Fsp3) is 0.424. The number of nitrogens with zero attached hydrogens (tertiary/aromatic N) is 1. The number of carboxylic acid groups (broad SMARTS) is 1. The number of anilines is 1. The zero-order valence-corrected chi connectivity index (χ0v) is 24.8. The molecule has 0 fully saturated rings. The van der Waals surface area contributed by atoms with Gasteiger partial charge in [-0.2, -0.15) is 0 Å². The van der Waals surface area contributed by atoms with Gasteiger partial charge in [-0.25, -0.2) is 4.79 Å². The average molecular weight is 544 g/mol. The maximum absolute atomic E-state index is 13.1. The number of aliphatic imine (C=N–C) groups is 1. The molecule has 2 aromatic rings. The zero-order valence-electron chi connectivity index (χ0n) is 24.8. The average Bonchev–Trinajstić information content (AvgIpc) is 2.90. The van der Waals surface area contributed by atoms with Crippen molar-refractivity contribution >= 4 is 23.3 Å². The van der Waals surface area contributed by atoms with Gasteiger partial charge in [0.25, 0.3) is 5.91 Å². The molecule has 1 aliphatic heterocycles. The molecule has 1 amide bonds. The van der Waals surface area contributed by atoms with E-state index in [2.05, 4.69) is 55.5 Å². The van der Waals surface area contributed by atoms with Gasteiger partial charge in [0.05, 0.1) is 11.3 Å². The number of carbonyl (C=O) groups excluding carboxylic acids is 1. The Labute approximate surface area is 237 Å². The summed E-state index contributed by atoms with van der Waals surface area (Å²) < 4.78 is 6.44. The van der Waals surface area contributed by atoms with Crippen LogP contribution in [-0.2, 0) is 0 Å². The zero-order chi connectivity index (χ0) is 29.4. The Bertz CT molecular complexity index is 1430. The van der Waals surface area contributed by atoms with Crippen molar-refractivity contribution in [2.45, 2.75) is 54.4 Å². The molecule has 2 aliphatic rings. The highest BCUT2D eigenvalue weighted by Crippen LogP contribution is 2.50. The Hall–Kier alpha value is -3.87. The highest BCUT2D eigenvalue weighted by molar-refractivity contribution is 6.09. The van der Waals surface area contributed by atoms with E-state index in [-0.39, 0.29) is 28.7 Å². The van der Waals surface area contributed by atoms with Crippen LogP contribution in [0, 0.1) is 24.2 Å². The molecule has 1 heterocycles. The summed E-state index contributed by atoms with van der Waals surface area (Å²) in [5, 5.41) is 16.6.